The highest BCUT2D eigenvalue weighted by Gasteiger charge is 2.44. The van der Waals surface area contributed by atoms with Gasteiger partial charge in [-0.3, -0.25) is 0 Å². The Morgan fingerprint density at radius 2 is 1.23 bits per heavy atom. The van der Waals surface area contributed by atoms with Crippen molar-refractivity contribution in [1.82, 2.24) is 0 Å². The van der Waals surface area contributed by atoms with Gasteiger partial charge in [-0.05, 0) is 88.1 Å². The third-order valence-corrected chi connectivity index (χ3v) is 19.1. The first-order chi connectivity index (χ1) is 18.5. The Morgan fingerprint density at radius 3 is 1.68 bits per heavy atom. The zero-order valence-electron chi connectivity index (χ0n) is 26.0. The number of carbonyl (C=O) groups excluding carboxylic acids is 1. The molecule has 0 heterocycles. The molecule has 0 amide bonds. The summed E-state index contributed by atoms with van der Waals surface area (Å²) in [5, 5.41) is 4.21. The maximum absolute atomic E-state index is 12.9. The van der Waals surface area contributed by atoms with Gasteiger partial charge < -0.3 is 22.4 Å². The third kappa shape index (κ3) is 12.6. The predicted octanol–water partition coefficient (Wildman–Crippen LogP) is 8.43. The molecule has 0 aliphatic carbocycles. The minimum absolute atomic E-state index is 0.274. The van der Waals surface area contributed by atoms with E-state index in [-0.39, 0.29) is 12.3 Å². The van der Waals surface area contributed by atoms with E-state index in [0.717, 1.165) is 22.7 Å². The third-order valence-electron chi connectivity index (χ3n) is 5.57. The number of likely N-dealkylation sites (N-methyl/N-ethyl adjacent to an activating group) is 1. The molecule has 0 aromatic heterocycles. The van der Waals surface area contributed by atoms with E-state index in [1.165, 1.54) is 0 Å². The fraction of sp³-hybridized carbons (Fsp3) is 0.433. The normalized spacial score (nSPS) is 14.3. The fourth-order valence-corrected chi connectivity index (χ4v) is 22.6. The van der Waals surface area contributed by atoms with Crippen molar-refractivity contribution in [3.05, 3.63) is 95.0 Å². The van der Waals surface area contributed by atoms with Crippen LogP contribution in [0.3, 0.4) is 0 Å². The minimum Gasteiger partial charge on any atom is -0.681 e. The molecule has 0 radical (unpaired) electrons. The predicted molar refractivity (Wildman–Crippen MR) is 177 cm³/mol. The van der Waals surface area contributed by atoms with Gasteiger partial charge in [-0.1, -0.05) is 78.5 Å². The average molecular weight is 615 g/mol. The van der Waals surface area contributed by atoms with E-state index < -0.39 is 39.7 Å². The summed E-state index contributed by atoms with van der Waals surface area (Å²) in [7, 11) is -6.93. The SMILES string of the molecule is C[N-]C(=CC=C(c1ccccc1)c1ccccc1)C(=O)OCCC[Si](C)(O[Si](C)(C)C)O[Si](C)(C)O[Si](C)(C)C. The number of rotatable bonds is 15. The summed E-state index contributed by atoms with van der Waals surface area (Å²) in [6.45, 7) is 19.7. The topological polar surface area (TPSA) is 68.1 Å². The van der Waals surface area contributed by atoms with Gasteiger partial charge in [0.25, 0.3) is 0 Å². The summed E-state index contributed by atoms with van der Waals surface area (Å²) < 4.78 is 25.5. The van der Waals surface area contributed by atoms with Crippen LogP contribution in [-0.4, -0.2) is 53.4 Å². The van der Waals surface area contributed by atoms with Crippen LogP contribution in [0.2, 0.25) is 65.0 Å². The molecule has 0 bridgehead atoms. The summed E-state index contributed by atoms with van der Waals surface area (Å²) in [6, 6.07) is 20.9. The molecule has 0 aliphatic heterocycles. The van der Waals surface area contributed by atoms with Gasteiger partial charge in [0.15, 0.2) is 16.6 Å². The highest BCUT2D eigenvalue weighted by atomic mass is 28.5. The molecule has 0 saturated heterocycles. The molecule has 1 atom stereocenters. The quantitative estimate of drug-likeness (QED) is 0.0662. The lowest BCUT2D eigenvalue weighted by Gasteiger charge is -2.41. The maximum Gasteiger partial charge on any atom is 0.315 e. The van der Waals surface area contributed by atoms with Crippen LogP contribution < -0.4 is 0 Å². The highest BCUT2D eigenvalue weighted by Crippen LogP contribution is 2.28. The number of esters is 1. The second-order valence-corrected chi connectivity index (χ2v) is 28.9. The zero-order valence-corrected chi connectivity index (χ0v) is 30.0. The molecule has 2 aromatic carbocycles. The Balaban J connectivity index is 2.11. The van der Waals surface area contributed by atoms with E-state index in [0.29, 0.717) is 6.42 Å². The first-order valence-corrected chi connectivity index (χ1v) is 26.1. The average Bonchev–Trinajstić information content (AvgIpc) is 2.82. The fourth-order valence-electron chi connectivity index (χ4n) is 4.67. The van der Waals surface area contributed by atoms with Crippen molar-refractivity contribution in [3.8, 4) is 0 Å². The van der Waals surface area contributed by atoms with Crippen LogP contribution in [0.5, 0.6) is 0 Å². The molecule has 0 spiro atoms. The molecule has 0 aliphatic rings. The molecule has 0 N–H and O–H groups in total. The molecular weight excluding hydrogens is 567 g/mol. The summed E-state index contributed by atoms with van der Waals surface area (Å²) in [4.78, 5) is 12.9. The summed E-state index contributed by atoms with van der Waals surface area (Å²) in [5.74, 6) is -0.439. The lowest BCUT2D eigenvalue weighted by atomic mass is 9.97. The van der Waals surface area contributed by atoms with Gasteiger partial charge in [-0.25, -0.2) is 4.79 Å². The van der Waals surface area contributed by atoms with Gasteiger partial charge in [0.2, 0.25) is 0 Å². The zero-order chi connectivity index (χ0) is 30.0. The Hall–Kier alpha value is -2.06. The minimum atomic E-state index is -2.55. The van der Waals surface area contributed by atoms with Crippen molar-refractivity contribution in [2.75, 3.05) is 13.7 Å². The summed E-state index contributed by atoms with van der Waals surface area (Å²) >= 11 is 0. The lowest BCUT2D eigenvalue weighted by Crippen LogP contribution is -2.56. The summed E-state index contributed by atoms with van der Waals surface area (Å²) in [6.07, 6.45) is 4.32. The smallest absolute Gasteiger partial charge is 0.315 e. The number of ether oxygens (including phenoxy) is 1. The van der Waals surface area contributed by atoms with Gasteiger partial charge in [0.1, 0.15) is 0 Å². The molecule has 0 saturated carbocycles. The van der Waals surface area contributed by atoms with Crippen molar-refractivity contribution in [2.45, 2.75) is 71.4 Å². The molecule has 6 nitrogen and oxygen atoms in total. The van der Waals surface area contributed by atoms with Crippen LogP contribution in [0.25, 0.3) is 10.9 Å². The van der Waals surface area contributed by atoms with Crippen LogP contribution in [0.4, 0.5) is 0 Å². The monoisotopic (exact) mass is 614 g/mol. The van der Waals surface area contributed by atoms with Crippen LogP contribution in [-0.2, 0) is 21.9 Å². The lowest BCUT2D eigenvalue weighted by molar-refractivity contribution is -0.138. The van der Waals surface area contributed by atoms with Crippen molar-refractivity contribution < 1.29 is 21.9 Å². The van der Waals surface area contributed by atoms with Gasteiger partial charge in [0, 0.05) is 0 Å². The molecule has 220 valence electrons. The molecular formula is C30H48NO5Si4-. The second kappa shape index (κ2) is 14.7. The first-order valence-electron chi connectivity index (χ1n) is 13.9. The van der Waals surface area contributed by atoms with E-state index in [2.05, 4.69) is 88.5 Å². The van der Waals surface area contributed by atoms with Crippen molar-refractivity contribution >= 4 is 45.3 Å². The Kier molecular flexibility index (Phi) is 12.6. The second-order valence-electron chi connectivity index (χ2n) is 12.4. The number of carbonyl (C=O) groups is 1. The van der Waals surface area contributed by atoms with E-state index in [4.69, 9.17) is 17.1 Å². The number of hydrogen-bond donors (Lipinski definition) is 0. The van der Waals surface area contributed by atoms with E-state index in [9.17, 15) is 4.79 Å². The Morgan fingerprint density at radius 1 is 0.725 bits per heavy atom. The summed E-state index contributed by atoms with van der Waals surface area (Å²) in [5.41, 5.74) is 3.40. The van der Waals surface area contributed by atoms with Crippen molar-refractivity contribution in [2.24, 2.45) is 0 Å². The first kappa shape index (κ1) is 34.1. The van der Waals surface area contributed by atoms with Crippen LogP contribution in [0.1, 0.15) is 17.5 Å². The van der Waals surface area contributed by atoms with E-state index in [1.54, 1.807) is 13.1 Å². The Labute approximate surface area is 246 Å². The molecule has 10 heteroatoms. The van der Waals surface area contributed by atoms with Crippen LogP contribution in [0.15, 0.2) is 78.5 Å². The van der Waals surface area contributed by atoms with E-state index >= 15 is 0 Å². The van der Waals surface area contributed by atoms with Crippen LogP contribution in [0, 0.1) is 0 Å². The number of hydrogen-bond acceptors (Lipinski definition) is 5. The van der Waals surface area contributed by atoms with Gasteiger partial charge >= 0.3 is 23.1 Å². The Bertz CT molecular complexity index is 1100. The van der Waals surface area contributed by atoms with Gasteiger partial charge in [-0.15, -0.1) is 7.05 Å². The molecule has 0 fully saturated rings. The number of allylic oxidation sites excluding steroid dienone is 2. The van der Waals surface area contributed by atoms with E-state index in [1.807, 2.05) is 42.5 Å². The number of nitrogens with zero attached hydrogens (tertiary/aromatic N) is 1. The molecule has 2 rings (SSSR count). The van der Waals surface area contributed by atoms with Gasteiger partial charge in [0.05, 0.1) is 6.61 Å². The van der Waals surface area contributed by atoms with Crippen molar-refractivity contribution in [1.29, 1.82) is 0 Å². The number of benzene rings is 2. The molecule has 40 heavy (non-hydrogen) atoms. The molecule has 1 unspecified atom stereocenters. The molecule has 2 aromatic rings. The van der Waals surface area contributed by atoms with Gasteiger partial charge in [-0.2, -0.15) is 0 Å². The standard InChI is InChI=1S/C30H48NO5Si4/c1-31-29(23-22-28(26-18-13-11-14-19-26)27-20-15-12-16-21-27)30(32)33-24-17-25-40(10,35-38(5,6)7)36-39(8,9)34-37(2,3)4/h11-16,18-23H,17,24-25H2,1-10H3/q-1. The largest absolute Gasteiger partial charge is 0.681 e. The van der Waals surface area contributed by atoms with Crippen molar-refractivity contribution in [3.63, 3.8) is 0 Å². The van der Waals surface area contributed by atoms with Crippen LogP contribution >= 0.6 is 0 Å². The highest BCUT2D eigenvalue weighted by molar-refractivity contribution is 6.89. The maximum atomic E-state index is 12.9.